The molecule has 0 unspecified atom stereocenters. The van der Waals surface area contributed by atoms with Crippen molar-refractivity contribution in [3.63, 3.8) is 0 Å². The minimum Gasteiger partial charge on any atom is -0.212 e. The van der Waals surface area contributed by atoms with Crippen LogP contribution in [-0.2, 0) is 0 Å². The average Bonchev–Trinajstić information content (AvgIpc) is 1.64. The molecule has 0 spiro atoms. The Bertz CT molecular complexity index is 97.0. The van der Waals surface area contributed by atoms with Crippen LogP contribution < -0.4 is 0 Å². The molecule has 0 aromatic carbocycles. The SMILES string of the molecule is C/C(F)=C(/C)C(C)C. The highest BCUT2D eigenvalue weighted by Crippen LogP contribution is 2.13. The predicted molar refractivity (Wildman–Crippen MR) is 34.3 cm³/mol. The molecule has 0 aliphatic heterocycles. The molecule has 0 saturated heterocycles. The fourth-order valence-electron chi connectivity index (χ4n) is 0.398. The zero-order chi connectivity index (χ0) is 6.73. The average molecular weight is 116 g/mol. The Hall–Kier alpha value is -0.330. The fraction of sp³-hybridized carbons (Fsp3) is 0.714. The maximum absolute atomic E-state index is 12.2. The van der Waals surface area contributed by atoms with Gasteiger partial charge in [0.15, 0.2) is 0 Å². The Morgan fingerprint density at radius 2 is 1.62 bits per heavy atom. The molecular formula is C7H13F. The van der Waals surface area contributed by atoms with Crippen molar-refractivity contribution in [1.29, 1.82) is 0 Å². The lowest BCUT2D eigenvalue weighted by Crippen LogP contribution is -1.89. The second kappa shape index (κ2) is 2.85. The van der Waals surface area contributed by atoms with Gasteiger partial charge in [0.1, 0.15) is 0 Å². The van der Waals surface area contributed by atoms with Crippen molar-refractivity contribution >= 4 is 0 Å². The van der Waals surface area contributed by atoms with Crippen LogP contribution in [-0.4, -0.2) is 0 Å². The Kier molecular flexibility index (Phi) is 2.74. The molecule has 0 aliphatic rings. The Labute approximate surface area is 50.4 Å². The molecule has 48 valence electrons. The van der Waals surface area contributed by atoms with Crippen LogP contribution in [0, 0.1) is 5.92 Å². The van der Waals surface area contributed by atoms with E-state index < -0.39 is 0 Å². The quantitative estimate of drug-likeness (QED) is 0.494. The van der Waals surface area contributed by atoms with E-state index in [1.807, 2.05) is 20.8 Å². The second-order valence-corrected chi connectivity index (χ2v) is 2.37. The van der Waals surface area contributed by atoms with Gasteiger partial charge in [-0.25, -0.2) is 4.39 Å². The Morgan fingerprint density at radius 1 is 1.25 bits per heavy atom. The van der Waals surface area contributed by atoms with E-state index in [0.29, 0.717) is 5.92 Å². The van der Waals surface area contributed by atoms with Crippen molar-refractivity contribution in [1.82, 2.24) is 0 Å². The molecule has 0 aromatic rings. The van der Waals surface area contributed by atoms with Gasteiger partial charge in [-0.1, -0.05) is 13.8 Å². The van der Waals surface area contributed by atoms with Crippen molar-refractivity contribution in [3.05, 3.63) is 11.4 Å². The van der Waals surface area contributed by atoms with Crippen LogP contribution in [0.3, 0.4) is 0 Å². The lowest BCUT2D eigenvalue weighted by molar-refractivity contribution is 0.596. The molecule has 0 nitrogen and oxygen atoms in total. The van der Waals surface area contributed by atoms with E-state index in [9.17, 15) is 4.39 Å². The van der Waals surface area contributed by atoms with E-state index in [2.05, 4.69) is 0 Å². The summed E-state index contributed by atoms with van der Waals surface area (Å²) in [7, 11) is 0. The highest BCUT2D eigenvalue weighted by Gasteiger charge is 1.98. The monoisotopic (exact) mass is 116 g/mol. The minimum atomic E-state index is -0.0417. The van der Waals surface area contributed by atoms with Crippen molar-refractivity contribution in [2.45, 2.75) is 27.7 Å². The summed E-state index contributed by atoms with van der Waals surface area (Å²) in [6.45, 7) is 7.28. The first-order valence-electron chi connectivity index (χ1n) is 2.88. The summed E-state index contributed by atoms with van der Waals surface area (Å²) in [5.74, 6) is 0.306. The van der Waals surface area contributed by atoms with Gasteiger partial charge in [-0.3, -0.25) is 0 Å². The van der Waals surface area contributed by atoms with Crippen LogP contribution in [0.15, 0.2) is 11.4 Å². The van der Waals surface area contributed by atoms with Gasteiger partial charge in [-0.05, 0) is 25.3 Å². The van der Waals surface area contributed by atoms with E-state index in [1.165, 1.54) is 6.92 Å². The molecule has 0 amide bonds. The van der Waals surface area contributed by atoms with Crippen LogP contribution >= 0.6 is 0 Å². The third-order valence-electron chi connectivity index (χ3n) is 1.41. The Morgan fingerprint density at radius 3 is 1.62 bits per heavy atom. The summed E-state index contributed by atoms with van der Waals surface area (Å²) < 4.78 is 12.2. The van der Waals surface area contributed by atoms with Gasteiger partial charge >= 0.3 is 0 Å². The molecule has 0 heterocycles. The van der Waals surface area contributed by atoms with Crippen LogP contribution in [0.25, 0.3) is 0 Å². The lowest BCUT2D eigenvalue weighted by atomic mass is 10.1. The molecule has 0 aromatic heterocycles. The van der Waals surface area contributed by atoms with Gasteiger partial charge in [0, 0.05) is 0 Å². The number of hydrogen-bond acceptors (Lipinski definition) is 0. The van der Waals surface area contributed by atoms with Crippen LogP contribution in [0.2, 0.25) is 0 Å². The van der Waals surface area contributed by atoms with Crippen molar-refractivity contribution in [3.8, 4) is 0 Å². The lowest BCUT2D eigenvalue weighted by Gasteiger charge is -2.02. The van der Waals surface area contributed by atoms with Crippen LogP contribution in [0.5, 0.6) is 0 Å². The third kappa shape index (κ3) is 2.10. The first-order chi connectivity index (χ1) is 3.55. The van der Waals surface area contributed by atoms with Gasteiger partial charge < -0.3 is 0 Å². The zero-order valence-corrected chi connectivity index (χ0v) is 5.96. The molecule has 0 saturated carbocycles. The standard InChI is InChI=1S/C7H13F/c1-5(2)6(3)7(4)8/h5H,1-4H3/b7-6+. The summed E-state index contributed by atoms with van der Waals surface area (Å²) in [5.41, 5.74) is 0.852. The molecule has 1 heteroatoms. The van der Waals surface area contributed by atoms with Crippen molar-refractivity contribution in [2.75, 3.05) is 0 Å². The van der Waals surface area contributed by atoms with Gasteiger partial charge in [0.2, 0.25) is 0 Å². The molecule has 0 rings (SSSR count). The maximum Gasteiger partial charge on any atom is 0.0960 e. The molecule has 0 bridgehead atoms. The molecule has 0 aliphatic carbocycles. The summed E-state index contributed by atoms with van der Waals surface area (Å²) in [5, 5.41) is 0. The van der Waals surface area contributed by atoms with Gasteiger partial charge in [0.25, 0.3) is 0 Å². The van der Waals surface area contributed by atoms with Gasteiger partial charge in [0.05, 0.1) is 5.83 Å². The molecule has 8 heavy (non-hydrogen) atoms. The first kappa shape index (κ1) is 7.67. The van der Waals surface area contributed by atoms with Crippen LogP contribution in [0.1, 0.15) is 27.7 Å². The highest BCUT2D eigenvalue weighted by molar-refractivity contribution is 5.04. The van der Waals surface area contributed by atoms with E-state index >= 15 is 0 Å². The van der Waals surface area contributed by atoms with Gasteiger partial charge in [-0.2, -0.15) is 0 Å². The minimum absolute atomic E-state index is 0.0417. The third-order valence-corrected chi connectivity index (χ3v) is 1.41. The summed E-state index contributed by atoms with van der Waals surface area (Å²) in [4.78, 5) is 0. The predicted octanol–water partition coefficient (Wildman–Crippen LogP) is 2.91. The summed E-state index contributed by atoms with van der Waals surface area (Å²) in [6, 6.07) is 0. The number of hydrogen-bond donors (Lipinski definition) is 0. The number of allylic oxidation sites excluding steroid dienone is 2. The smallest absolute Gasteiger partial charge is 0.0960 e. The van der Waals surface area contributed by atoms with Crippen molar-refractivity contribution in [2.24, 2.45) is 5.92 Å². The van der Waals surface area contributed by atoms with Crippen LogP contribution in [0.4, 0.5) is 4.39 Å². The summed E-state index contributed by atoms with van der Waals surface area (Å²) in [6.07, 6.45) is 0. The van der Waals surface area contributed by atoms with E-state index in [-0.39, 0.29) is 5.83 Å². The van der Waals surface area contributed by atoms with Gasteiger partial charge in [-0.15, -0.1) is 0 Å². The molecule has 0 N–H and O–H groups in total. The molecular weight excluding hydrogens is 103 g/mol. The van der Waals surface area contributed by atoms with Crippen molar-refractivity contribution < 1.29 is 4.39 Å². The van der Waals surface area contributed by atoms with E-state index in [0.717, 1.165) is 5.57 Å². The molecule has 0 fully saturated rings. The maximum atomic E-state index is 12.2. The normalized spacial score (nSPS) is 14.2. The van der Waals surface area contributed by atoms with E-state index in [4.69, 9.17) is 0 Å². The van der Waals surface area contributed by atoms with E-state index in [1.54, 1.807) is 0 Å². The highest BCUT2D eigenvalue weighted by atomic mass is 19.1. The zero-order valence-electron chi connectivity index (χ0n) is 5.96. The topological polar surface area (TPSA) is 0 Å². The number of halogens is 1. The first-order valence-corrected chi connectivity index (χ1v) is 2.88. The Balaban J connectivity index is 4.00. The largest absolute Gasteiger partial charge is 0.212 e. The second-order valence-electron chi connectivity index (χ2n) is 2.37. The molecule has 0 radical (unpaired) electrons. The fourth-order valence-corrected chi connectivity index (χ4v) is 0.398. The summed E-state index contributed by atoms with van der Waals surface area (Å²) >= 11 is 0. The number of rotatable bonds is 1. The molecule has 0 atom stereocenters.